The number of nitrogens with zero attached hydrogens (tertiary/aromatic N) is 2. The maximum atomic E-state index is 12.4. The molecule has 0 saturated heterocycles. The highest BCUT2D eigenvalue weighted by Gasteiger charge is 2.37. The fraction of sp³-hybridized carbons (Fsp3) is 0.733. The molecule has 0 aromatic rings. The van der Waals surface area contributed by atoms with E-state index in [0.29, 0.717) is 0 Å². The molecule has 1 fully saturated rings. The van der Waals surface area contributed by atoms with E-state index in [1.165, 1.54) is 12.5 Å². The van der Waals surface area contributed by atoms with Crippen molar-refractivity contribution in [2.45, 2.75) is 51.1 Å². The van der Waals surface area contributed by atoms with Crippen LogP contribution in [0.2, 0.25) is 0 Å². The molecule has 1 saturated carbocycles. The first-order valence-corrected chi connectivity index (χ1v) is 7.09. The number of carbonyl (C=O) groups excluding carboxylic acids is 2. The van der Waals surface area contributed by atoms with Crippen LogP contribution in [-0.4, -0.2) is 54.4 Å². The molecule has 1 aliphatic rings. The molecule has 2 amide bonds. The van der Waals surface area contributed by atoms with Crippen molar-refractivity contribution < 1.29 is 14.1 Å². The van der Waals surface area contributed by atoms with E-state index in [9.17, 15) is 9.59 Å². The van der Waals surface area contributed by atoms with Gasteiger partial charge < -0.3 is 4.90 Å². The maximum Gasteiger partial charge on any atom is 0.335 e. The predicted molar refractivity (Wildman–Crippen MR) is 76.4 cm³/mol. The van der Waals surface area contributed by atoms with Crippen molar-refractivity contribution in [3.63, 3.8) is 0 Å². The lowest BCUT2D eigenvalue weighted by Crippen LogP contribution is -2.57. The monoisotopic (exact) mass is 267 g/mol. The van der Waals surface area contributed by atoms with Gasteiger partial charge in [-0.2, -0.15) is 0 Å². The van der Waals surface area contributed by atoms with Crippen LogP contribution in [0.1, 0.15) is 39.0 Å². The Hall–Kier alpha value is -1.16. The van der Waals surface area contributed by atoms with E-state index in [1.807, 2.05) is 28.1 Å². The zero-order chi connectivity index (χ0) is 14.6. The van der Waals surface area contributed by atoms with E-state index in [1.54, 1.807) is 4.90 Å². The van der Waals surface area contributed by atoms with Gasteiger partial charge in [0.1, 0.15) is 6.04 Å². The molecule has 0 spiro atoms. The van der Waals surface area contributed by atoms with E-state index in [4.69, 9.17) is 0 Å². The SMILES string of the molecule is C=CC(=O)N(C1CCCCC1)C(C)C(=O)[N+](C)(C)C. The zero-order valence-corrected chi connectivity index (χ0v) is 12.7. The van der Waals surface area contributed by atoms with Gasteiger partial charge in [0.05, 0.1) is 21.1 Å². The van der Waals surface area contributed by atoms with E-state index in [2.05, 4.69) is 6.58 Å². The minimum atomic E-state index is -0.395. The van der Waals surface area contributed by atoms with Crippen molar-refractivity contribution in [2.75, 3.05) is 21.1 Å². The van der Waals surface area contributed by atoms with Crippen LogP contribution in [0.25, 0.3) is 0 Å². The summed E-state index contributed by atoms with van der Waals surface area (Å²) >= 11 is 0. The summed E-state index contributed by atoms with van der Waals surface area (Å²) in [6, 6.07) is -0.210. The highest BCUT2D eigenvalue weighted by molar-refractivity contribution is 5.91. The Kier molecular flexibility index (Phi) is 5.29. The molecule has 0 bridgehead atoms. The molecule has 4 heteroatoms. The van der Waals surface area contributed by atoms with Gasteiger partial charge in [-0.25, -0.2) is 4.79 Å². The smallest absolute Gasteiger partial charge is 0.320 e. The molecular formula is C15H27N2O2+. The third-order valence-corrected chi connectivity index (χ3v) is 3.83. The van der Waals surface area contributed by atoms with Gasteiger partial charge in [0.25, 0.3) is 0 Å². The van der Waals surface area contributed by atoms with Gasteiger partial charge in [0, 0.05) is 6.04 Å². The van der Waals surface area contributed by atoms with E-state index < -0.39 is 6.04 Å². The summed E-state index contributed by atoms with van der Waals surface area (Å²) in [6.45, 7) is 5.41. The molecule has 0 radical (unpaired) electrons. The van der Waals surface area contributed by atoms with Gasteiger partial charge in [-0.05, 0) is 25.8 Å². The average molecular weight is 267 g/mol. The Bertz CT molecular complexity index is 352. The minimum Gasteiger partial charge on any atom is -0.320 e. The number of hydrogen-bond donors (Lipinski definition) is 0. The molecule has 0 aromatic carbocycles. The summed E-state index contributed by atoms with van der Waals surface area (Å²) in [5.74, 6) is -0.0676. The largest absolute Gasteiger partial charge is 0.335 e. The Morgan fingerprint density at radius 3 is 2.16 bits per heavy atom. The van der Waals surface area contributed by atoms with Gasteiger partial charge in [-0.3, -0.25) is 9.28 Å². The Morgan fingerprint density at radius 2 is 1.74 bits per heavy atom. The number of likely N-dealkylation sites (N-methyl/N-ethyl adjacent to an activating group) is 1. The van der Waals surface area contributed by atoms with Crippen molar-refractivity contribution in [3.05, 3.63) is 12.7 Å². The van der Waals surface area contributed by atoms with Gasteiger partial charge in [0.2, 0.25) is 5.91 Å². The fourth-order valence-electron chi connectivity index (χ4n) is 2.83. The van der Waals surface area contributed by atoms with E-state index in [0.717, 1.165) is 25.7 Å². The van der Waals surface area contributed by atoms with Crippen molar-refractivity contribution >= 4 is 11.8 Å². The summed E-state index contributed by atoms with van der Waals surface area (Å²) in [7, 11) is 5.53. The van der Waals surface area contributed by atoms with Crippen LogP contribution in [0.15, 0.2) is 12.7 Å². The van der Waals surface area contributed by atoms with Crippen molar-refractivity contribution in [2.24, 2.45) is 0 Å². The molecule has 1 rings (SSSR count). The molecular weight excluding hydrogens is 240 g/mol. The fourth-order valence-corrected chi connectivity index (χ4v) is 2.83. The van der Waals surface area contributed by atoms with Crippen LogP contribution in [-0.2, 0) is 9.59 Å². The first-order valence-electron chi connectivity index (χ1n) is 7.09. The summed E-state index contributed by atoms with van der Waals surface area (Å²) in [4.78, 5) is 26.3. The number of amides is 2. The maximum absolute atomic E-state index is 12.4. The summed E-state index contributed by atoms with van der Waals surface area (Å²) in [6.07, 6.45) is 6.81. The topological polar surface area (TPSA) is 37.4 Å². The second kappa shape index (κ2) is 6.33. The first-order chi connectivity index (χ1) is 8.79. The number of carbonyl (C=O) groups is 2. The molecule has 0 aliphatic heterocycles. The number of hydrogen-bond acceptors (Lipinski definition) is 2. The normalized spacial score (nSPS) is 18.7. The highest BCUT2D eigenvalue weighted by Crippen LogP contribution is 2.25. The minimum absolute atomic E-state index is 0.0563. The average Bonchev–Trinajstić information content (AvgIpc) is 2.37. The molecule has 108 valence electrons. The summed E-state index contributed by atoms with van der Waals surface area (Å²) < 4.78 is 0.231. The van der Waals surface area contributed by atoms with Gasteiger partial charge >= 0.3 is 5.91 Å². The molecule has 1 aliphatic carbocycles. The number of rotatable bonds is 4. The van der Waals surface area contributed by atoms with Gasteiger partial charge in [0.15, 0.2) is 0 Å². The third-order valence-electron chi connectivity index (χ3n) is 3.83. The number of quaternary nitrogens is 1. The zero-order valence-electron chi connectivity index (χ0n) is 12.7. The van der Waals surface area contributed by atoms with E-state index >= 15 is 0 Å². The van der Waals surface area contributed by atoms with Crippen LogP contribution in [0.4, 0.5) is 0 Å². The molecule has 0 aromatic heterocycles. The van der Waals surface area contributed by atoms with Crippen molar-refractivity contribution in [3.8, 4) is 0 Å². The van der Waals surface area contributed by atoms with E-state index in [-0.39, 0.29) is 22.3 Å². The van der Waals surface area contributed by atoms with Crippen molar-refractivity contribution in [1.82, 2.24) is 4.90 Å². The highest BCUT2D eigenvalue weighted by atomic mass is 16.2. The van der Waals surface area contributed by atoms with Crippen LogP contribution in [0.5, 0.6) is 0 Å². The molecule has 1 atom stereocenters. The standard InChI is InChI=1S/C15H27N2O2/c1-6-14(18)16(13-10-8-7-9-11-13)12(2)15(19)17(3,4)5/h6,12-13H,1,7-11H2,2-5H3/q+1. The molecule has 0 N–H and O–H groups in total. The second-order valence-corrected chi connectivity index (χ2v) is 6.27. The summed E-state index contributed by atoms with van der Waals surface area (Å²) in [5, 5.41) is 0. The van der Waals surface area contributed by atoms with Crippen molar-refractivity contribution in [1.29, 1.82) is 0 Å². The predicted octanol–water partition coefficient (Wildman–Crippen LogP) is 1.95. The van der Waals surface area contributed by atoms with Crippen LogP contribution >= 0.6 is 0 Å². The lowest BCUT2D eigenvalue weighted by Gasteiger charge is -2.38. The van der Waals surface area contributed by atoms with Crippen LogP contribution in [0.3, 0.4) is 0 Å². The molecule has 1 unspecified atom stereocenters. The summed E-state index contributed by atoms with van der Waals surface area (Å²) in [5.41, 5.74) is 0. The first kappa shape index (κ1) is 15.9. The van der Waals surface area contributed by atoms with Gasteiger partial charge in [-0.1, -0.05) is 25.8 Å². The lowest BCUT2D eigenvalue weighted by molar-refractivity contribution is -0.793. The lowest BCUT2D eigenvalue weighted by atomic mass is 9.93. The Labute approximate surface area is 116 Å². The van der Waals surface area contributed by atoms with Crippen LogP contribution < -0.4 is 0 Å². The van der Waals surface area contributed by atoms with Gasteiger partial charge in [-0.15, -0.1) is 0 Å². The quantitative estimate of drug-likeness (QED) is 0.577. The Morgan fingerprint density at radius 1 is 1.21 bits per heavy atom. The van der Waals surface area contributed by atoms with Crippen LogP contribution in [0, 0.1) is 0 Å². The molecule has 0 heterocycles. The second-order valence-electron chi connectivity index (χ2n) is 6.27. The third kappa shape index (κ3) is 3.90. The Balaban J connectivity index is 2.93. The molecule has 4 nitrogen and oxygen atoms in total. The molecule has 19 heavy (non-hydrogen) atoms.